The Morgan fingerprint density at radius 2 is 2.35 bits per heavy atom. The summed E-state index contributed by atoms with van der Waals surface area (Å²) >= 11 is 1.63. The van der Waals surface area contributed by atoms with E-state index in [0.717, 1.165) is 5.01 Å². The number of hydrogen-bond donors (Lipinski definition) is 2. The highest BCUT2D eigenvalue weighted by Crippen LogP contribution is 2.11. The number of carboxylic acids is 1. The molecule has 2 N–H and O–H groups in total. The van der Waals surface area contributed by atoms with Crippen molar-refractivity contribution in [2.24, 2.45) is 0 Å². The number of aromatic carboxylic acids is 1. The SMILES string of the molecule is Cc1cnc(CNCc2ccc(C(=O)O)o2)s1. The molecule has 0 saturated heterocycles. The van der Waals surface area contributed by atoms with E-state index in [4.69, 9.17) is 9.52 Å². The van der Waals surface area contributed by atoms with E-state index < -0.39 is 5.97 Å². The number of carboxylic acid groups (broad SMARTS) is 1. The van der Waals surface area contributed by atoms with Gasteiger partial charge in [0.2, 0.25) is 5.76 Å². The molecule has 0 aliphatic carbocycles. The van der Waals surface area contributed by atoms with Gasteiger partial charge < -0.3 is 14.8 Å². The van der Waals surface area contributed by atoms with Crippen LogP contribution in [0.3, 0.4) is 0 Å². The first-order valence-corrected chi connectivity index (χ1v) is 5.91. The average molecular weight is 252 g/mol. The molecule has 0 amide bonds. The van der Waals surface area contributed by atoms with Gasteiger partial charge in [-0.25, -0.2) is 9.78 Å². The summed E-state index contributed by atoms with van der Waals surface area (Å²) in [5.74, 6) is -0.477. The Bertz CT molecular complexity index is 518. The third-order valence-corrected chi connectivity index (χ3v) is 3.03. The minimum atomic E-state index is -1.05. The summed E-state index contributed by atoms with van der Waals surface area (Å²) in [5, 5.41) is 12.8. The Kier molecular flexibility index (Phi) is 3.55. The molecule has 0 atom stereocenters. The van der Waals surface area contributed by atoms with Crippen LogP contribution in [0, 0.1) is 6.92 Å². The fourth-order valence-electron chi connectivity index (χ4n) is 1.36. The van der Waals surface area contributed by atoms with Crippen molar-refractivity contribution >= 4 is 17.3 Å². The molecule has 2 heterocycles. The minimum Gasteiger partial charge on any atom is -0.475 e. The van der Waals surface area contributed by atoms with Crippen molar-refractivity contribution in [2.45, 2.75) is 20.0 Å². The van der Waals surface area contributed by atoms with Gasteiger partial charge in [-0.2, -0.15) is 0 Å². The molecule has 2 rings (SSSR count). The predicted octanol–water partition coefficient (Wildman–Crippen LogP) is 2.03. The van der Waals surface area contributed by atoms with E-state index >= 15 is 0 Å². The van der Waals surface area contributed by atoms with Crippen LogP contribution in [0.2, 0.25) is 0 Å². The smallest absolute Gasteiger partial charge is 0.371 e. The first kappa shape index (κ1) is 11.8. The summed E-state index contributed by atoms with van der Waals surface area (Å²) in [6, 6.07) is 3.11. The first-order valence-electron chi connectivity index (χ1n) is 5.09. The summed E-state index contributed by atoms with van der Waals surface area (Å²) in [4.78, 5) is 16.0. The molecule has 2 aromatic heterocycles. The van der Waals surface area contributed by atoms with E-state index in [2.05, 4.69) is 10.3 Å². The molecular formula is C11H12N2O3S. The number of nitrogens with zero attached hydrogens (tertiary/aromatic N) is 1. The molecule has 0 spiro atoms. The lowest BCUT2D eigenvalue weighted by Gasteiger charge is -1.98. The van der Waals surface area contributed by atoms with E-state index in [1.807, 2.05) is 13.1 Å². The second-order valence-electron chi connectivity index (χ2n) is 3.54. The molecule has 90 valence electrons. The van der Waals surface area contributed by atoms with E-state index in [-0.39, 0.29) is 5.76 Å². The summed E-state index contributed by atoms with van der Waals surface area (Å²) in [6.07, 6.45) is 1.83. The average Bonchev–Trinajstić information content (AvgIpc) is 2.88. The van der Waals surface area contributed by atoms with Crippen molar-refractivity contribution in [1.29, 1.82) is 0 Å². The van der Waals surface area contributed by atoms with Gasteiger partial charge in [-0.15, -0.1) is 11.3 Å². The highest BCUT2D eigenvalue weighted by atomic mass is 32.1. The van der Waals surface area contributed by atoms with Crippen molar-refractivity contribution in [3.8, 4) is 0 Å². The molecule has 0 aliphatic rings. The molecule has 0 unspecified atom stereocenters. The maximum absolute atomic E-state index is 10.6. The highest BCUT2D eigenvalue weighted by Gasteiger charge is 2.08. The Morgan fingerprint density at radius 1 is 1.53 bits per heavy atom. The van der Waals surface area contributed by atoms with Gasteiger partial charge in [0, 0.05) is 17.6 Å². The van der Waals surface area contributed by atoms with E-state index in [0.29, 0.717) is 18.8 Å². The zero-order chi connectivity index (χ0) is 12.3. The van der Waals surface area contributed by atoms with Gasteiger partial charge in [-0.3, -0.25) is 0 Å². The maximum Gasteiger partial charge on any atom is 0.371 e. The molecule has 0 saturated carbocycles. The lowest BCUT2D eigenvalue weighted by Crippen LogP contribution is -2.11. The number of hydrogen-bond acceptors (Lipinski definition) is 5. The van der Waals surface area contributed by atoms with Crippen LogP contribution in [0.4, 0.5) is 0 Å². The van der Waals surface area contributed by atoms with Crippen LogP contribution in [-0.4, -0.2) is 16.1 Å². The largest absolute Gasteiger partial charge is 0.475 e. The first-order chi connectivity index (χ1) is 8.15. The van der Waals surface area contributed by atoms with Crippen LogP contribution in [0.1, 0.15) is 26.2 Å². The van der Waals surface area contributed by atoms with Crippen LogP contribution in [0.25, 0.3) is 0 Å². The van der Waals surface area contributed by atoms with Crippen molar-refractivity contribution in [2.75, 3.05) is 0 Å². The molecule has 0 radical (unpaired) electrons. The molecule has 0 fully saturated rings. The number of carbonyl (C=O) groups is 1. The van der Waals surface area contributed by atoms with E-state index in [1.165, 1.54) is 10.9 Å². The number of furan rings is 1. The summed E-state index contributed by atoms with van der Waals surface area (Å²) in [7, 11) is 0. The van der Waals surface area contributed by atoms with Gasteiger partial charge in [0.05, 0.1) is 6.54 Å². The Hall–Kier alpha value is -1.66. The predicted molar refractivity (Wildman–Crippen MR) is 63.1 cm³/mol. The van der Waals surface area contributed by atoms with Crippen LogP contribution in [0.5, 0.6) is 0 Å². The van der Waals surface area contributed by atoms with Crippen LogP contribution >= 0.6 is 11.3 Å². The maximum atomic E-state index is 10.6. The summed E-state index contributed by atoms with van der Waals surface area (Å²) in [6.45, 7) is 3.15. The third kappa shape index (κ3) is 3.15. The molecule has 0 aliphatic heterocycles. The monoisotopic (exact) mass is 252 g/mol. The van der Waals surface area contributed by atoms with Crippen molar-refractivity contribution in [3.63, 3.8) is 0 Å². The quantitative estimate of drug-likeness (QED) is 0.851. The molecule has 2 aromatic rings. The lowest BCUT2D eigenvalue weighted by atomic mass is 10.4. The molecule has 6 heteroatoms. The van der Waals surface area contributed by atoms with Crippen LogP contribution in [-0.2, 0) is 13.1 Å². The van der Waals surface area contributed by atoms with Crippen LogP contribution < -0.4 is 5.32 Å². The van der Waals surface area contributed by atoms with Gasteiger partial charge in [0.25, 0.3) is 0 Å². The van der Waals surface area contributed by atoms with E-state index in [9.17, 15) is 4.79 Å². The zero-order valence-electron chi connectivity index (χ0n) is 9.27. The highest BCUT2D eigenvalue weighted by molar-refractivity contribution is 7.11. The number of aryl methyl sites for hydroxylation is 1. The zero-order valence-corrected chi connectivity index (χ0v) is 10.1. The van der Waals surface area contributed by atoms with Gasteiger partial charge in [0.1, 0.15) is 10.8 Å². The Balaban J connectivity index is 1.83. The van der Waals surface area contributed by atoms with Crippen LogP contribution in [0.15, 0.2) is 22.7 Å². The van der Waals surface area contributed by atoms with Crippen molar-refractivity contribution in [3.05, 3.63) is 39.7 Å². The Labute approximate surface area is 102 Å². The molecular weight excluding hydrogens is 240 g/mol. The van der Waals surface area contributed by atoms with Gasteiger partial charge in [-0.05, 0) is 19.1 Å². The second kappa shape index (κ2) is 5.11. The van der Waals surface area contributed by atoms with Crippen molar-refractivity contribution < 1.29 is 14.3 Å². The lowest BCUT2D eigenvalue weighted by molar-refractivity contribution is 0.0660. The Morgan fingerprint density at radius 3 is 2.94 bits per heavy atom. The molecule has 0 bridgehead atoms. The number of nitrogens with one attached hydrogen (secondary N) is 1. The van der Waals surface area contributed by atoms with Crippen molar-refractivity contribution in [1.82, 2.24) is 10.3 Å². The minimum absolute atomic E-state index is 0.0353. The normalized spacial score (nSPS) is 10.6. The molecule has 17 heavy (non-hydrogen) atoms. The summed E-state index contributed by atoms with van der Waals surface area (Å²) in [5.41, 5.74) is 0. The third-order valence-electron chi connectivity index (χ3n) is 2.12. The van der Waals surface area contributed by atoms with Gasteiger partial charge in [-0.1, -0.05) is 0 Å². The van der Waals surface area contributed by atoms with Gasteiger partial charge in [0.15, 0.2) is 0 Å². The number of thiazole rings is 1. The van der Waals surface area contributed by atoms with Gasteiger partial charge >= 0.3 is 5.97 Å². The van der Waals surface area contributed by atoms with E-state index in [1.54, 1.807) is 17.4 Å². The standard InChI is InChI=1S/C11H12N2O3S/c1-7-4-13-10(17-7)6-12-5-8-2-3-9(16-8)11(14)15/h2-4,12H,5-6H2,1H3,(H,14,15). The number of rotatable bonds is 5. The second-order valence-corrected chi connectivity index (χ2v) is 4.86. The molecule has 5 nitrogen and oxygen atoms in total. The molecule has 0 aromatic carbocycles. The topological polar surface area (TPSA) is 75.4 Å². The summed E-state index contributed by atoms with van der Waals surface area (Å²) < 4.78 is 5.11. The fourth-order valence-corrected chi connectivity index (χ4v) is 2.12. The number of aromatic nitrogens is 1. The fraction of sp³-hybridized carbons (Fsp3) is 0.273.